The lowest BCUT2D eigenvalue weighted by molar-refractivity contribution is -0.126. The molecule has 0 atom stereocenters. The third kappa shape index (κ3) is 2.90. The molecule has 22 heavy (non-hydrogen) atoms. The fraction of sp³-hybridized carbons (Fsp3) is 0.316. The molecule has 0 spiro atoms. The van der Waals surface area contributed by atoms with Crippen molar-refractivity contribution in [1.82, 2.24) is 5.32 Å². The number of fused-ring (bicyclic) bond motifs is 3. The largest absolute Gasteiger partial charge is 0.372 e. The van der Waals surface area contributed by atoms with Gasteiger partial charge in [-0.25, -0.2) is 0 Å². The van der Waals surface area contributed by atoms with E-state index < -0.39 is 0 Å². The number of hydrogen-bond acceptors (Lipinski definition) is 2. The third-order valence-electron chi connectivity index (χ3n) is 4.01. The number of ether oxygens (including phenoxy) is 1. The zero-order valence-corrected chi connectivity index (χ0v) is 12.8. The van der Waals surface area contributed by atoms with E-state index in [1.807, 2.05) is 24.3 Å². The Balaban J connectivity index is 1.75. The topological polar surface area (TPSA) is 38.3 Å². The second kappa shape index (κ2) is 6.75. The lowest BCUT2D eigenvalue weighted by atomic mass is 10.1. The van der Waals surface area contributed by atoms with Crippen molar-refractivity contribution in [2.45, 2.75) is 25.8 Å². The lowest BCUT2D eigenvalue weighted by Crippen LogP contribution is -2.31. The van der Waals surface area contributed by atoms with Crippen LogP contribution in [0.4, 0.5) is 0 Å². The Bertz CT molecular complexity index is 620. The molecule has 3 nitrogen and oxygen atoms in total. The third-order valence-corrected chi connectivity index (χ3v) is 4.01. The summed E-state index contributed by atoms with van der Waals surface area (Å²) in [6.45, 7) is 2.87. The van der Waals surface area contributed by atoms with Gasteiger partial charge in [-0.3, -0.25) is 4.79 Å². The quantitative estimate of drug-likeness (QED) is 0.825. The maximum Gasteiger partial charge on any atom is 0.246 e. The Labute approximate surface area is 131 Å². The summed E-state index contributed by atoms with van der Waals surface area (Å²) < 4.78 is 5.41. The number of benzene rings is 2. The number of amides is 1. The van der Waals surface area contributed by atoms with Gasteiger partial charge in [0.05, 0.1) is 6.04 Å². The fourth-order valence-corrected chi connectivity index (χ4v) is 2.92. The van der Waals surface area contributed by atoms with E-state index >= 15 is 0 Å². The monoisotopic (exact) mass is 295 g/mol. The SMILES string of the molecule is CCCCOCC(=O)NC1c2ccccc2-c2ccccc21. The van der Waals surface area contributed by atoms with Gasteiger partial charge >= 0.3 is 0 Å². The minimum atomic E-state index is -0.0744. The molecule has 1 N–H and O–H groups in total. The summed E-state index contributed by atoms with van der Waals surface area (Å²) in [4.78, 5) is 12.1. The van der Waals surface area contributed by atoms with E-state index in [1.165, 1.54) is 11.1 Å². The Morgan fingerprint density at radius 1 is 1.05 bits per heavy atom. The van der Waals surface area contributed by atoms with Crippen LogP contribution in [0.2, 0.25) is 0 Å². The Morgan fingerprint density at radius 3 is 2.23 bits per heavy atom. The molecule has 1 aliphatic rings. The van der Waals surface area contributed by atoms with Crippen molar-refractivity contribution in [2.24, 2.45) is 0 Å². The molecule has 3 heteroatoms. The highest BCUT2D eigenvalue weighted by Gasteiger charge is 2.28. The van der Waals surface area contributed by atoms with Gasteiger partial charge in [-0.2, -0.15) is 0 Å². The van der Waals surface area contributed by atoms with E-state index in [1.54, 1.807) is 0 Å². The smallest absolute Gasteiger partial charge is 0.246 e. The van der Waals surface area contributed by atoms with E-state index in [4.69, 9.17) is 4.74 Å². The van der Waals surface area contributed by atoms with Gasteiger partial charge in [-0.1, -0.05) is 61.9 Å². The lowest BCUT2D eigenvalue weighted by Gasteiger charge is -2.16. The van der Waals surface area contributed by atoms with Crippen LogP contribution in [0.15, 0.2) is 48.5 Å². The first-order valence-electron chi connectivity index (χ1n) is 7.86. The molecular formula is C19H21NO2. The molecule has 0 aliphatic heterocycles. The first-order chi connectivity index (χ1) is 10.8. The van der Waals surface area contributed by atoms with Crippen molar-refractivity contribution >= 4 is 5.91 Å². The number of hydrogen-bond donors (Lipinski definition) is 1. The molecule has 0 fully saturated rings. The fourth-order valence-electron chi connectivity index (χ4n) is 2.92. The summed E-state index contributed by atoms with van der Waals surface area (Å²) in [7, 11) is 0. The molecule has 0 radical (unpaired) electrons. The van der Waals surface area contributed by atoms with Crippen LogP contribution < -0.4 is 5.32 Å². The van der Waals surface area contributed by atoms with E-state index in [2.05, 4.69) is 36.5 Å². The summed E-state index contributed by atoms with van der Waals surface area (Å²) in [6.07, 6.45) is 2.06. The minimum absolute atomic E-state index is 0.0624. The van der Waals surface area contributed by atoms with E-state index in [0.29, 0.717) is 6.61 Å². The van der Waals surface area contributed by atoms with Crippen molar-refractivity contribution in [3.05, 3.63) is 59.7 Å². The minimum Gasteiger partial charge on any atom is -0.372 e. The van der Waals surface area contributed by atoms with Crippen LogP contribution in [0.25, 0.3) is 11.1 Å². The average molecular weight is 295 g/mol. The molecule has 0 unspecified atom stereocenters. The van der Waals surface area contributed by atoms with Gasteiger partial charge in [0.1, 0.15) is 6.61 Å². The molecule has 1 aliphatic carbocycles. The highest BCUT2D eigenvalue weighted by atomic mass is 16.5. The van der Waals surface area contributed by atoms with Gasteiger partial charge in [0, 0.05) is 6.61 Å². The zero-order valence-electron chi connectivity index (χ0n) is 12.8. The van der Waals surface area contributed by atoms with Crippen molar-refractivity contribution in [2.75, 3.05) is 13.2 Å². The molecule has 0 saturated carbocycles. The Morgan fingerprint density at radius 2 is 1.64 bits per heavy atom. The average Bonchev–Trinajstić information content (AvgIpc) is 2.87. The van der Waals surface area contributed by atoms with Crippen molar-refractivity contribution in [3.63, 3.8) is 0 Å². The predicted octanol–water partition coefficient (Wildman–Crippen LogP) is 3.69. The van der Waals surface area contributed by atoms with Gasteiger partial charge in [0.15, 0.2) is 0 Å². The normalized spacial score (nSPS) is 12.8. The molecular weight excluding hydrogens is 274 g/mol. The number of rotatable bonds is 6. The Kier molecular flexibility index (Phi) is 4.54. The second-order valence-corrected chi connectivity index (χ2v) is 5.58. The summed E-state index contributed by atoms with van der Waals surface area (Å²) in [6, 6.07) is 16.4. The van der Waals surface area contributed by atoms with Crippen LogP contribution >= 0.6 is 0 Å². The van der Waals surface area contributed by atoms with Crippen LogP contribution in [-0.4, -0.2) is 19.1 Å². The summed E-state index contributed by atoms with van der Waals surface area (Å²) in [5.74, 6) is -0.0624. The molecule has 3 rings (SSSR count). The first-order valence-corrected chi connectivity index (χ1v) is 7.86. The van der Waals surface area contributed by atoms with Crippen LogP contribution in [0.1, 0.15) is 36.9 Å². The van der Waals surface area contributed by atoms with Gasteiger partial charge in [-0.15, -0.1) is 0 Å². The highest BCUT2D eigenvalue weighted by molar-refractivity contribution is 5.83. The molecule has 0 saturated heterocycles. The molecule has 0 bridgehead atoms. The van der Waals surface area contributed by atoms with Crippen LogP contribution in [-0.2, 0) is 9.53 Å². The van der Waals surface area contributed by atoms with Gasteiger partial charge < -0.3 is 10.1 Å². The second-order valence-electron chi connectivity index (χ2n) is 5.58. The summed E-state index contributed by atoms with van der Waals surface area (Å²) in [5, 5.41) is 3.10. The molecule has 0 heterocycles. The highest BCUT2D eigenvalue weighted by Crippen LogP contribution is 2.42. The van der Waals surface area contributed by atoms with Crippen molar-refractivity contribution in [1.29, 1.82) is 0 Å². The number of carbonyl (C=O) groups is 1. The van der Waals surface area contributed by atoms with Gasteiger partial charge in [0.2, 0.25) is 5.91 Å². The molecule has 1 amide bonds. The summed E-state index contributed by atoms with van der Waals surface area (Å²) in [5.41, 5.74) is 4.72. The molecule has 2 aromatic carbocycles. The van der Waals surface area contributed by atoms with Crippen LogP contribution in [0.3, 0.4) is 0 Å². The number of nitrogens with one attached hydrogen (secondary N) is 1. The van der Waals surface area contributed by atoms with E-state index in [9.17, 15) is 4.79 Å². The van der Waals surface area contributed by atoms with Crippen LogP contribution in [0.5, 0.6) is 0 Å². The molecule has 0 aromatic heterocycles. The zero-order chi connectivity index (χ0) is 15.4. The van der Waals surface area contributed by atoms with E-state index in [0.717, 1.165) is 24.0 Å². The maximum atomic E-state index is 12.1. The first kappa shape index (κ1) is 14.8. The number of carbonyl (C=O) groups excluding carboxylic acids is 1. The van der Waals surface area contributed by atoms with Crippen LogP contribution in [0, 0.1) is 0 Å². The molecule has 2 aromatic rings. The predicted molar refractivity (Wildman–Crippen MR) is 87.6 cm³/mol. The molecule has 114 valence electrons. The number of unbranched alkanes of at least 4 members (excludes halogenated alkanes) is 1. The van der Waals surface area contributed by atoms with Gasteiger partial charge in [0.25, 0.3) is 0 Å². The standard InChI is InChI=1S/C19H21NO2/c1-2-3-12-22-13-18(21)20-19-16-10-6-4-8-14(16)15-9-5-7-11-17(15)19/h4-11,19H,2-3,12-13H2,1H3,(H,20,21). The van der Waals surface area contributed by atoms with Crippen molar-refractivity contribution in [3.8, 4) is 11.1 Å². The summed E-state index contributed by atoms with van der Waals surface area (Å²) >= 11 is 0. The van der Waals surface area contributed by atoms with Crippen molar-refractivity contribution < 1.29 is 9.53 Å². The van der Waals surface area contributed by atoms with E-state index in [-0.39, 0.29) is 18.6 Å². The Hall–Kier alpha value is -2.13. The van der Waals surface area contributed by atoms with Gasteiger partial charge in [-0.05, 0) is 28.7 Å². The maximum absolute atomic E-state index is 12.1.